The van der Waals surface area contributed by atoms with Crippen molar-refractivity contribution < 1.29 is 14.4 Å². The second-order valence-electron chi connectivity index (χ2n) is 6.42. The SMILES string of the molecule is Cc1ccc2c(c1)C(=O)N(CCCC(=O)NCCCN(C)C)C2=O. The van der Waals surface area contributed by atoms with Gasteiger partial charge >= 0.3 is 0 Å². The predicted molar refractivity (Wildman–Crippen MR) is 92.0 cm³/mol. The lowest BCUT2D eigenvalue weighted by atomic mass is 10.1. The summed E-state index contributed by atoms with van der Waals surface area (Å²) in [6.07, 6.45) is 1.69. The van der Waals surface area contributed by atoms with Crippen molar-refractivity contribution in [3.8, 4) is 0 Å². The van der Waals surface area contributed by atoms with Crippen LogP contribution in [-0.2, 0) is 4.79 Å². The highest BCUT2D eigenvalue weighted by atomic mass is 16.2. The van der Waals surface area contributed by atoms with Gasteiger partial charge in [0, 0.05) is 19.5 Å². The summed E-state index contributed by atoms with van der Waals surface area (Å²) in [5.74, 6) is -0.562. The Bertz CT molecular complexity index is 640. The summed E-state index contributed by atoms with van der Waals surface area (Å²) in [5, 5.41) is 2.86. The molecule has 0 bridgehead atoms. The molecule has 0 unspecified atom stereocenters. The van der Waals surface area contributed by atoms with Gasteiger partial charge in [0.1, 0.15) is 0 Å². The largest absolute Gasteiger partial charge is 0.356 e. The topological polar surface area (TPSA) is 69.7 Å². The van der Waals surface area contributed by atoms with Crippen LogP contribution in [0.2, 0.25) is 0 Å². The maximum absolute atomic E-state index is 12.3. The van der Waals surface area contributed by atoms with Crippen LogP contribution in [0.4, 0.5) is 0 Å². The van der Waals surface area contributed by atoms with Crippen molar-refractivity contribution in [2.24, 2.45) is 0 Å². The fraction of sp³-hybridized carbons (Fsp3) is 0.500. The van der Waals surface area contributed by atoms with Crippen LogP contribution >= 0.6 is 0 Å². The van der Waals surface area contributed by atoms with Crippen molar-refractivity contribution in [1.29, 1.82) is 0 Å². The molecule has 130 valence electrons. The van der Waals surface area contributed by atoms with E-state index in [9.17, 15) is 14.4 Å². The van der Waals surface area contributed by atoms with Crippen LogP contribution in [0.15, 0.2) is 18.2 Å². The van der Waals surface area contributed by atoms with Crippen LogP contribution in [0, 0.1) is 6.92 Å². The molecule has 6 nitrogen and oxygen atoms in total. The van der Waals surface area contributed by atoms with Crippen LogP contribution in [0.25, 0.3) is 0 Å². The molecule has 0 saturated heterocycles. The van der Waals surface area contributed by atoms with Gasteiger partial charge in [-0.15, -0.1) is 0 Å². The normalized spacial score (nSPS) is 13.6. The molecule has 1 aliphatic heterocycles. The standard InChI is InChI=1S/C18H25N3O3/c1-13-7-8-14-15(12-13)18(24)21(17(14)23)11-4-6-16(22)19-9-5-10-20(2)3/h7-8,12H,4-6,9-11H2,1-3H3,(H,19,22). The Balaban J connectivity index is 1.76. The van der Waals surface area contributed by atoms with Crippen LogP contribution in [-0.4, -0.2) is 61.3 Å². The number of carbonyl (C=O) groups excluding carboxylic acids is 3. The van der Waals surface area contributed by atoms with Crippen molar-refractivity contribution in [3.63, 3.8) is 0 Å². The number of imide groups is 1. The summed E-state index contributed by atoms with van der Waals surface area (Å²) in [7, 11) is 3.98. The van der Waals surface area contributed by atoms with Crippen molar-refractivity contribution >= 4 is 17.7 Å². The highest BCUT2D eigenvalue weighted by Gasteiger charge is 2.34. The highest BCUT2D eigenvalue weighted by molar-refractivity contribution is 6.21. The molecular formula is C18H25N3O3. The van der Waals surface area contributed by atoms with Crippen LogP contribution in [0.1, 0.15) is 45.5 Å². The quantitative estimate of drug-likeness (QED) is 0.578. The number of benzene rings is 1. The molecule has 24 heavy (non-hydrogen) atoms. The number of carbonyl (C=O) groups is 3. The molecule has 1 aromatic rings. The Labute approximate surface area is 142 Å². The van der Waals surface area contributed by atoms with E-state index in [1.165, 1.54) is 4.90 Å². The van der Waals surface area contributed by atoms with E-state index in [0.717, 1.165) is 18.5 Å². The third-order valence-corrected chi connectivity index (χ3v) is 4.02. The zero-order valence-corrected chi connectivity index (χ0v) is 14.6. The van der Waals surface area contributed by atoms with Gasteiger partial charge < -0.3 is 10.2 Å². The first-order chi connectivity index (χ1) is 11.4. The second kappa shape index (κ2) is 8.06. The van der Waals surface area contributed by atoms with Gasteiger partial charge in [-0.05, 0) is 52.5 Å². The minimum absolute atomic E-state index is 0.0405. The van der Waals surface area contributed by atoms with Gasteiger partial charge in [0.05, 0.1) is 11.1 Å². The van der Waals surface area contributed by atoms with Gasteiger partial charge in [0.2, 0.25) is 5.91 Å². The Morgan fingerprint density at radius 3 is 2.54 bits per heavy atom. The minimum atomic E-state index is -0.263. The summed E-state index contributed by atoms with van der Waals surface area (Å²) in [6, 6.07) is 5.27. The van der Waals surface area contributed by atoms with Gasteiger partial charge in [-0.2, -0.15) is 0 Å². The third-order valence-electron chi connectivity index (χ3n) is 4.02. The Hall–Kier alpha value is -2.21. The summed E-state index contributed by atoms with van der Waals surface area (Å²) >= 11 is 0. The number of rotatable bonds is 8. The van der Waals surface area contributed by atoms with Gasteiger partial charge in [0.15, 0.2) is 0 Å². The van der Waals surface area contributed by atoms with Crippen molar-refractivity contribution in [2.45, 2.75) is 26.2 Å². The molecular weight excluding hydrogens is 306 g/mol. The molecule has 0 aromatic heterocycles. The zero-order valence-electron chi connectivity index (χ0n) is 14.6. The van der Waals surface area contributed by atoms with Crippen molar-refractivity contribution in [2.75, 3.05) is 33.7 Å². The number of hydrogen-bond acceptors (Lipinski definition) is 4. The average Bonchev–Trinajstić information content (AvgIpc) is 2.76. The lowest BCUT2D eigenvalue weighted by molar-refractivity contribution is -0.121. The van der Waals surface area contributed by atoms with E-state index >= 15 is 0 Å². The number of hydrogen-bond donors (Lipinski definition) is 1. The molecule has 3 amide bonds. The van der Waals surface area contributed by atoms with Crippen LogP contribution in [0.3, 0.4) is 0 Å². The van der Waals surface area contributed by atoms with E-state index in [1.54, 1.807) is 12.1 Å². The van der Waals surface area contributed by atoms with E-state index in [-0.39, 0.29) is 24.3 Å². The second-order valence-corrected chi connectivity index (χ2v) is 6.42. The van der Waals surface area contributed by atoms with Crippen molar-refractivity contribution in [3.05, 3.63) is 34.9 Å². The summed E-state index contributed by atoms with van der Waals surface area (Å²) < 4.78 is 0. The molecule has 1 heterocycles. The first-order valence-corrected chi connectivity index (χ1v) is 8.28. The molecule has 0 radical (unpaired) electrons. The third kappa shape index (κ3) is 4.41. The minimum Gasteiger partial charge on any atom is -0.356 e. The van der Waals surface area contributed by atoms with E-state index in [2.05, 4.69) is 10.2 Å². The first kappa shape index (κ1) is 18.1. The van der Waals surface area contributed by atoms with E-state index in [4.69, 9.17) is 0 Å². The molecule has 0 fully saturated rings. The zero-order chi connectivity index (χ0) is 17.7. The molecule has 2 rings (SSSR count). The lowest BCUT2D eigenvalue weighted by Crippen LogP contribution is -2.32. The van der Waals surface area contributed by atoms with Gasteiger partial charge in [-0.3, -0.25) is 19.3 Å². The molecule has 0 atom stereocenters. The molecule has 0 spiro atoms. The lowest BCUT2D eigenvalue weighted by Gasteiger charge is -2.13. The summed E-state index contributed by atoms with van der Waals surface area (Å²) in [5.41, 5.74) is 1.88. The molecule has 0 saturated carbocycles. The molecule has 1 aromatic carbocycles. The predicted octanol–water partition coefficient (Wildman–Crippen LogP) is 1.44. The Morgan fingerprint density at radius 2 is 1.83 bits per heavy atom. The Morgan fingerprint density at radius 1 is 1.12 bits per heavy atom. The number of nitrogens with zero attached hydrogens (tertiary/aromatic N) is 2. The number of nitrogens with one attached hydrogen (secondary N) is 1. The summed E-state index contributed by atoms with van der Waals surface area (Å²) in [4.78, 5) is 39.7. The molecule has 1 aliphatic rings. The van der Waals surface area contributed by atoms with Gasteiger partial charge in [-0.25, -0.2) is 0 Å². The van der Waals surface area contributed by atoms with E-state index in [0.29, 0.717) is 30.5 Å². The smallest absolute Gasteiger partial charge is 0.261 e. The average molecular weight is 331 g/mol. The van der Waals surface area contributed by atoms with Crippen LogP contribution in [0.5, 0.6) is 0 Å². The van der Waals surface area contributed by atoms with Gasteiger partial charge in [-0.1, -0.05) is 11.6 Å². The van der Waals surface area contributed by atoms with E-state index in [1.807, 2.05) is 27.1 Å². The maximum Gasteiger partial charge on any atom is 0.261 e. The van der Waals surface area contributed by atoms with Crippen molar-refractivity contribution in [1.82, 2.24) is 15.1 Å². The molecule has 0 aliphatic carbocycles. The highest BCUT2D eigenvalue weighted by Crippen LogP contribution is 2.24. The monoisotopic (exact) mass is 331 g/mol. The maximum atomic E-state index is 12.3. The molecule has 6 heteroatoms. The first-order valence-electron chi connectivity index (χ1n) is 8.28. The number of aryl methyl sites for hydroxylation is 1. The van der Waals surface area contributed by atoms with E-state index < -0.39 is 0 Å². The fourth-order valence-corrected chi connectivity index (χ4v) is 2.72. The number of fused-ring (bicyclic) bond motifs is 1. The van der Waals surface area contributed by atoms with Crippen LogP contribution < -0.4 is 5.32 Å². The number of amides is 3. The summed E-state index contributed by atoms with van der Waals surface area (Å²) in [6.45, 7) is 3.73. The fourth-order valence-electron chi connectivity index (χ4n) is 2.72. The molecule has 1 N–H and O–H groups in total. The van der Waals surface area contributed by atoms with Gasteiger partial charge in [0.25, 0.3) is 11.8 Å². The Kier molecular flexibility index (Phi) is 6.09.